The summed E-state index contributed by atoms with van der Waals surface area (Å²) in [6.07, 6.45) is -0.114. The molecule has 0 aliphatic carbocycles. The largest absolute Gasteiger partial charge is 0.496 e. The Balaban J connectivity index is 0.00000208. The lowest BCUT2D eigenvalue weighted by Crippen LogP contribution is -2.28. The first-order chi connectivity index (χ1) is 11.2. The lowest BCUT2D eigenvalue weighted by atomic mass is 9.92. The van der Waals surface area contributed by atoms with Crippen LogP contribution in [0.3, 0.4) is 0 Å². The standard InChI is InChI=1S/C20H21NO2.ClH/c1-23-19-12-11-17(15-9-5-6-10-16(15)19)20(21)18(22)13-14-7-3-2-4-8-14;/h2-12,18,20,22H,13,21H2,1H3;1H/t18-,20+;/m0./s1. The summed E-state index contributed by atoms with van der Waals surface area (Å²) in [4.78, 5) is 0. The summed E-state index contributed by atoms with van der Waals surface area (Å²) in [5, 5.41) is 12.6. The molecule has 3 N–H and O–H groups in total. The van der Waals surface area contributed by atoms with Gasteiger partial charge in [-0.25, -0.2) is 0 Å². The van der Waals surface area contributed by atoms with E-state index in [2.05, 4.69) is 0 Å². The predicted molar refractivity (Wildman–Crippen MR) is 101 cm³/mol. The van der Waals surface area contributed by atoms with Crippen LogP contribution in [-0.4, -0.2) is 18.3 Å². The molecule has 0 fully saturated rings. The van der Waals surface area contributed by atoms with Crippen LogP contribution in [0.15, 0.2) is 66.7 Å². The average Bonchev–Trinajstić information content (AvgIpc) is 2.61. The van der Waals surface area contributed by atoms with Gasteiger partial charge in [0.05, 0.1) is 19.3 Å². The van der Waals surface area contributed by atoms with Gasteiger partial charge in [-0.05, 0) is 22.6 Å². The third-order valence-corrected chi connectivity index (χ3v) is 4.20. The van der Waals surface area contributed by atoms with Crippen LogP contribution in [0.25, 0.3) is 10.8 Å². The number of rotatable bonds is 5. The predicted octanol–water partition coefficient (Wildman–Crippen LogP) is 3.87. The molecule has 0 amide bonds. The molecule has 0 bridgehead atoms. The molecule has 24 heavy (non-hydrogen) atoms. The minimum Gasteiger partial charge on any atom is -0.496 e. The highest BCUT2D eigenvalue weighted by molar-refractivity contribution is 5.91. The third kappa shape index (κ3) is 3.70. The van der Waals surface area contributed by atoms with Crippen molar-refractivity contribution < 1.29 is 9.84 Å². The zero-order valence-corrected chi connectivity index (χ0v) is 14.4. The lowest BCUT2D eigenvalue weighted by Gasteiger charge is -2.21. The van der Waals surface area contributed by atoms with Crippen LogP contribution < -0.4 is 10.5 Å². The van der Waals surface area contributed by atoms with Crippen molar-refractivity contribution in [1.29, 1.82) is 0 Å². The van der Waals surface area contributed by atoms with Crippen LogP contribution in [0, 0.1) is 0 Å². The Morgan fingerprint density at radius 2 is 1.54 bits per heavy atom. The molecular formula is C20H22ClNO2. The summed E-state index contributed by atoms with van der Waals surface area (Å²) >= 11 is 0. The first kappa shape index (κ1) is 18.3. The molecule has 3 nitrogen and oxygen atoms in total. The minimum atomic E-state index is -0.644. The topological polar surface area (TPSA) is 55.5 Å². The number of aliphatic hydroxyl groups is 1. The molecule has 0 radical (unpaired) electrons. The maximum absolute atomic E-state index is 10.6. The number of halogens is 1. The lowest BCUT2D eigenvalue weighted by molar-refractivity contribution is 0.145. The molecule has 0 aliphatic rings. The summed E-state index contributed by atoms with van der Waals surface area (Å²) in [5.74, 6) is 0.814. The van der Waals surface area contributed by atoms with Gasteiger partial charge in [0.2, 0.25) is 0 Å². The maximum Gasteiger partial charge on any atom is 0.126 e. The molecule has 4 heteroatoms. The van der Waals surface area contributed by atoms with Crippen LogP contribution in [-0.2, 0) is 6.42 Å². The van der Waals surface area contributed by atoms with Gasteiger partial charge in [0.15, 0.2) is 0 Å². The van der Waals surface area contributed by atoms with E-state index in [4.69, 9.17) is 10.5 Å². The summed E-state index contributed by atoms with van der Waals surface area (Å²) in [5.41, 5.74) is 8.37. The number of hydrogen-bond acceptors (Lipinski definition) is 3. The van der Waals surface area contributed by atoms with E-state index in [0.29, 0.717) is 6.42 Å². The first-order valence-electron chi connectivity index (χ1n) is 7.74. The van der Waals surface area contributed by atoms with Crippen molar-refractivity contribution in [1.82, 2.24) is 0 Å². The van der Waals surface area contributed by atoms with E-state index >= 15 is 0 Å². The molecular weight excluding hydrogens is 322 g/mol. The van der Waals surface area contributed by atoms with Gasteiger partial charge in [0.25, 0.3) is 0 Å². The van der Waals surface area contributed by atoms with Crippen molar-refractivity contribution in [2.24, 2.45) is 5.73 Å². The average molecular weight is 344 g/mol. The number of fused-ring (bicyclic) bond motifs is 1. The summed E-state index contributed by atoms with van der Waals surface area (Å²) in [6.45, 7) is 0. The van der Waals surface area contributed by atoms with Crippen molar-refractivity contribution >= 4 is 23.2 Å². The molecule has 126 valence electrons. The van der Waals surface area contributed by atoms with Crippen molar-refractivity contribution in [3.63, 3.8) is 0 Å². The first-order valence-corrected chi connectivity index (χ1v) is 7.74. The van der Waals surface area contributed by atoms with E-state index in [-0.39, 0.29) is 12.4 Å². The molecule has 0 unspecified atom stereocenters. The SMILES string of the molecule is COc1ccc([C@@H](N)[C@@H](O)Cc2ccccc2)c2ccccc12.Cl. The molecule has 0 aliphatic heterocycles. The normalized spacial score (nSPS) is 13.1. The van der Waals surface area contributed by atoms with Gasteiger partial charge in [0, 0.05) is 11.8 Å². The Labute approximate surface area is 148 Å². The third-order valence-electron chi connectivity index (χ3n) is 4.20. The summed E-state index contributed by atoms with van der Waals surface area (Å²) in [7, 11) is 1.66. The molecule has 3 aromatic rings. The molecule has 0 saturated heterocycles. The van der Waals surface area contributed by atoms with Crippen molar-refractivity contribution in [2.45, 2.75) is 18.6 Å². The van der Waals surface area contributed by atoms with Crippen molar-refractivity contribution in [3.05, 3.63) is 77.9 Å². The molecule has 0 heterocycles. The number of methoxy groups -OCH3 is 1. The summed E-state index contributed by atoms with van der Waals surface area (Å²) < 4.78 is 5.42. The van der Waals surface area contributed by atoms with Gasteiger partial charge in [-0.15, -0.1) is 12.4 Å². The second-order valence-corrected chi connectivity index (χ2v) is 5.69. The van der Waals surface area contributed by atoms with Gasteiger partial charge in [0.1, 0.15) is 5.75 Å². The smallest absolute Gasteiger partial charge is 0.126 e. The van der Waals surface area contributed by atoms with E-state index in [1.165, 1.54) is 0 Å². The molecule has 0 saturated carbocycles. The van der Waals surface area contributed by atoms with Crippen LogP contribution in [0.1, 0.15) is 17.2 Å². The van der Waals surface area contributed by atoms with Crippen LogP contribution in [0.4, 0.5) is 0 Å². The van der Waals surface area contributed by atoms with Crippen LogP contribution in [0.5, 0.6) is 5.75 Å². The quantitative estimate of drug-likeness (QED) is 0.739. The van der Waals surface area contributed by atoms with Crippen molar-refractivity contribution in [3.8, 4) is 5.75 Å². The molecule has 3 rings (SSSR count). The highest BCUT2D eigenvalue weighted by Gasteiger charge is 2.20. The minimum absolute atomic E-state index is 0. The Kier molecular flexibility index (Phi) is 6.21. The summed E-state index contributed by atoms with van der Waals surface area (Å²) in [6, 6.07) is 21.3. The highest BCUT2D eigenvalue weighted by atomic mass is 35.5. The Morgan fingerprint density at radius 1 is 0.917 bits per heavy atom. The Morgan fingerprint density at radius 3 is 2.21 bits per heavy atom. The zero-order valence-electron chi connectivity index (χ0n) is 13.6. The second-order valence-electron chi connectivity index (χ2n) is 5.69. The number of hydrogen-bond donors (Lipinski definition) is 2. The van der Waals surface area contributed by atoms with Gasteiger partial charge in [-0.2, -0.15) is 0 Å². The molecule has 0 spiro atoms. The van der Waals surface area contributed by atoms with E-state index in [9.17, 15) is 5.11 Å². The Bertz CT molecular complexity index is 792. The highest BCUT2D eigenvalue weighted by Crippen LogP contribution is 2.32. The number of benzene rings is 3. The fraction of sp³-hybridized carbons (Fsp3) is 0.200. The Hall–Kier alpha value is -2.07. The van der Waals surface area contributed by atoms with Gasteiger partial charge in [-0.3, -0.25) is 0 Å². The van der Waals surface area contributed by atoms with E-state index in [0.717, 1.165) is 27.6 Å². The molecule has 2 atom stereocenters. The number of ether oxygens (including phenoxy) is 1. The maximum atomic E-state index is 10.6. The van der Waals surface area contributed by atoms with Gasteiger partial charge in [-0.1, -0.05) is 60.7 Å². The zero-order chi connectivity index (χ0) is 16.2. The van der Waals surface area contributed by atoms with E-state index in [1.54, 1.807) is 7.11 Å². The van der Waals surface area contributed by atoms with Crippen LogP contribution >= 0.6 is 12.4 Å². The fourth-order valence-electron chi connectivity index (χ4n) is 2.95. The number of nitrogens with two attached hydrogens (primary N) is 1. The number of aliphatic hydroxyl groups excluding tert-OH is 1. The fourth-order valence-corrected chi connectivity index (χ4v) is 2.95. The molecule has 3 aromatic carbocycles. The van der Waals surface area contributed by atoms with Gasteiger partial charge < -0.3 is 15.6 Å². The van der Waals surface area contributed by atoms with Crippen LogP contribution in [0.2, 0.25) is 0 Å². The van der Waals surface area contributed by atoms with E-state index < -0.39 is 12.1 Å². The van der Waals surface area contributed by atoms with Crippen molar-refractivity contribution in [2.75, 3.05) is 7.11 Å². The molecule has 0 aromatic heterocycles. The monoisotopic (exact) mass is 343 g/mol. The van der Waals surface area contributed by atoms with Gasteiger partial charge >= 0.3 is 0 Å². The van der Waals surface area contributed by atoms with E-state index in [1.807, 2.05) is 66.7 Å². The second kappa shape index (κ2) is 8.15.